The van der Waals surface area contributed by atoms with Gasteiger partial charge in [0.05, 0.1) is 21.4 Å². The minimum atomic E-state index is -4.01. The van der Waals surface area contributed by atoms with E-state index in [-0.39, 0.29) is 32.5 Å². The van der Waals surface area contributed by atoms with Crippen LogP contribution in [0.4, 0.5) is 5.69 Å². The summed E-state index contributed by atoms with van der Waals surface area (Å²) in [6, 6.07) is 22.3. The highest BCUT2D eigenvalue weighted by atomic mass is 32.2. The van der Waals surface area contributed by atoms with E-state index in [4.69, 9.17) is 4.74 Å². The molecule has 280 valence electrons. The van der Waals surface area contributed by atoms with E-state index >= 15 is 0 Å². The Morgan fingerprint density at radius 3 is 1.73 bits per heavy atom. The van der Waals surface area contributed by atoms with E-state index in [1.807, 2.05) is 71.9 Å². The van der Waals surface area contributed by atoms with Crippen molar-refractivity contribution in [2.24, 2.45) is 33.5 Å². The van der Waals surface area contributed by atoms with Gasteiger partial charge in [-0.25, -0.2) is 26.3 Å². The van der Waals surface area contributed by atoms with Crippen molar-refractivity contribution >= 4 is 37.5 Å². The molecule has 0 unspecified atom stereocenters. The van der Waals surface area contributed by atoms with E-state index in [0.29, 0.717) is 30.9 Å². The van der Waals surface area contributed by atoms with Crippen molar-refractivity contribution in [3.63, 3.8) is 0 Å². The smallest absolute Gasteiger partial charge is 0.266 e. The minimum Gasteiger partial charge on any atom is -0.489 e. The second kappa shape index (κ2) is 14.9. The van der Waals surface area contributed by atoms with Crippen molar-refractivity contribution in [1.82, 2.24) is 9.44 Å². The van der Waals surface area contributed by atoms with Crippen molar-refractivity contribution in [2.75, 3.05) is 12.4 Å². The van der Waals surface area contributed by atoms with Gasteiger partial charge in [0.15, 0.2) is 0 Å². The van der Waals surface area contributed by atoms with Gasteiger partial charge < -0.3 is 10.1 Å². The van der Waals surface area contributed by atoms with Gasteiger partial charge in [0.25, 0.3) is 20.0 Å². The van der Waals surface area contributed by atoms with Gasteiger partial charge in [0.2, 0.25) is 11.8 Å². The topological polar surface area (TPSA) is 148 Å². The molecule has 0 saturated heterocycles. The molecule has 3 N–H and O–H groups in total. The quantitative estimate of drug-likeness (QED) is 0.167. The van der Waals surface area contributed by atoms with Crippen molar-refractivity contribution in [2.45, 2.75) is 70.8 Å². The fraction of sp³-hybridized carbons (Fsp3) is 0.400. The number of carbonyl (C=O) groups excluding carboxylic acids is 2. The Kier molecular flexibility index (Phi) is 11.6. The molecule has 0 bridgehead atoms. The average Bonchev–Trinajstić information content (AvgIpc) is 4.01. The number of hydrogen-bond acceptors (Lipinski definition) is 8. The predicted octanol–water partition coefficient (Wildman–Crippen LogP) is 7.08. The summed E-state index contributed by atoms with van der Waals surface area (Å²) in [5.74, 6) is -0.549. The molecule has 12 heteroatoms. The molecule has 52 heavy (non-hydrogen) atoms. The summed E-state index contributed by atoms with van der Waals surface area (Å²) in [4.78, 5) is 25.8. The molecule has 0 spiro atoms. The molecule has 4 atom stereocenters. The highest BCUT2D eigenvalue weighted by molar-refractivity contribution is 7.90. The number of amides is 2. The third-order valence-corrected chi connectivity index (χ3v) is 13.1. The van der Waals surface area contributed by atoms with Crippen LogP contribution in [0.3, 0.4) is 0 Å². The first-order valence-electron chi connectivity index (χ1n) is 17.1. The zero-order valence-corrected chi connectivity index (χ0v) is 32.7. The molecule has 3 aromatic rings. The van der Waals surface area contributed by atoms with Crippen LogP contribution in [-0.2, 0) is 36.2 Å². The van der Waals surface area contributed by atoms with Crippen molar-refractivity contribution in [3.05, 3.63) is 110 Å². The summed E-state index contributed by atoms with van der Waals surface area (Å²) < 4.78 is 61.2. The monoisotopic (exact) mass is 749 g/mol. The molecular formula is C40H51N3O7S2. The number of carbonyl (C=O) groups is 2. The number of sulfonamides is 2. The Bertz CT molecular complexity index is 2030. The standard InChI is InChI=1S/C23H27NO4S.C17H24N2O3S/c1-5-18-15-23(18,22(2,3)4)21(25)24-29(26,27)20-13-9-12-19(14-20)28-16-17-10-7-6-8-11-17;1-6-12-11-17(12,16(2,3)4)15(20)19-23(21,22)14-10-8-7-9-13(14)18-5/h5-14,18H,1,15-16H2,2-4H3,(H,24,25);6-10,12,18H,1,11H2,2-5H3,(H,19,20)/t18-,23-;12-,17-/m11/s1. The minimum absolute atomic E-state index is 0.00255. The lowest BCUT2D eigenvalue weighted by Gasteiger charge is -2.30. The third kappa shape index (κ3) is 8.13. The van der Waals surface area contributed by atoms with Gasteiger partial charge in [-0.2, -0.15) is 0 Å². The summed E-state index contributed by atoms with van der Waals surface area (Å²) in [5, 5.41) is 2.83. The van der Waals surface area contributed by atoms with E-state index in [1.165, 1.54) is 18.2 Å². The number of ether oxygens (including phenoxy) is 1. The number of para-hydroxylation sites is 1. The zero-order valence-electron chi connectivity index (χ0n) is 31.0. The van der Waals surface area contributed by atoms with Gasteiger partial charge in [-0.1, -0.05) is 102 Å². The zero-order chi connectivity index (χ0) is 38.8. The lowest BCUT2D eigenvalue weighted by molar-refractivity contribution is -0.129. The van der Waals surface area contributed by atoms with Gasteiger partial charge in [0.1, 0.15) is 17.3 Å². The SMILES string of the molecule is C=C[C@@H]1C[C@@]1(C(=O)NS(=O)(=O)c1cccc(OCc2ccccc2)c1)C(C)(C)C.C=C[C@@H]1C[C@@]1(C(=O)NS(=O)(=O)c1ccccc1NC)C(C)(C)C. The summed E-state index contributed by atoms with van der Waals surface area (Å²) >= 11 is 0. The predicted molar refractivity (Wildman–Crippen MR) is 204 cm³/mol. The van der Waals surface area contributed by atoms with Crippen LogP contribution in [-0.4, -0.2) is 35.7 Å². The number of rotatable bonds is 12. The molecule has 2 aliphatic carbocycles. The Hall–Kier alpha value is -4.42. The molecule has 10 nitrogen and oxygen atoms in total. The van der Waals surface area contributed by atoms with Crippen molar-refractivity contribution in [3.8, 4) is 5.75 Å². The average molecular weight is 750 g/mol. The largest absolute Gasteiger partial charge is 0.489 e. The molecule has 2 amide bonds. The number of anilines is 1. The van der Waals surface area contributed by atoms with E-state index in [2.05, 4.69) is 27.9 Å². The van der Waals surface area contributed by atoms with Gasteiger partial charge in [-0.15, -0.1) is 13.2 Å². The van der Waals surface area contributed by atoms with Gasteiger partial charge in [-0.3, -0.25) is 9.59 Å². The first-order chi connectivity index (χ1) is 24.2. The van der Waals surface area contributed by atoms with Crippen LogP contribution in [0.25, 0.3) is 0 Å². The lowest BCUT2D eigenvalue weighted by atomic mass is 9.75. The fourth-order valence-corrected chi connectivity index (χ4v) is 9.32. The molecule has 2 fully saturated rings. The van der Waals surface area contributed by atoms with Crippen molar-refractivity contribution in [1.29, 1.82) is 0 Å². The maximum atomic E-state index is 13.0. The molecule has 2 aliphatic rings. The van der Waals surface area contributed by atoms with Crippen LogP contribution >= 0.6 is 0 Å². The van der Waals surface area contributed by atoms with Crippen molar-refractivity contribution < 1.29 is 31.2 Å². The van der Waals surface area contributed by atoms with Crippen LogP contribution in [0.1, 0.15) is 59.9 Å². The summed E-state index contributed by atoms with van der Waals surface area (Å²) in [7, 11) is -6.31. The van der Waals surface area contributed by atoms with Crippen LogP contribution in [0.2, 0.25) is 0 Å². The molecule has 0 heterocycles. The summed E-state index contributed by atoms with van der Waals surface area (Å²) in [6.45, 7) is 19.5. The first-order valence-corrected chi connectivity index (χ1v) is 20.1. The number of hydrogen-bond donors (Lipinski definition) is 3. The van der Waals surface area contributed by atoms with Crippen LogP contribution in [0, 0.1) is 33.5 Å². The van der Waals surface area contributed by atoms with Crippen LogP contribution in [0.15, 0.2) is 114 Å². The van der Waals surface area contributed by atoms with Gasteiger partial charge >= 0.3 is 0 Å². The highest BCUT2D eigenvalue weighted by Gasteiger charge is 2.66. The van der Waals surface area contributed by atoms with Crippen LogP contribution in [0.5, 0.6) is 5.75 Å². The third-order valence-electron chi connectivity index (χ3n) is 10.3. The summed E-state index contributed by atoms with van der Waals surface area (Å²) in [5.41, 5.74) is -0.793. The van der Waals surface area contributed by atoms with E-state index in [9.17, 15) is 26.4 Å². The highest BCUT2D eigenvalue weighted by Crippen LogP contribution is 2.65. The maximum absolute atomic E-state index is 13.0. The fourth-order valence-electron chi connectivity index (χ4n) is 6.99. The Morgan fingerprint density at radius 1 is 0.750 bits per heavy atom. The molecule has 0 aromatic heterocycles. The van der Waals surface area contributed by atoms with E-state index < -0.39 is 42.7 Å². The maximum Gasteiger partial charge on any atom is 0.266 e. The number of benzene rings is 3. The number of nitrogens with one attached hydrogen (secondary N) is 3. The van der Waals surface area contributed by atoms with Crippen LogP contribution < -0.4 is 19.5 Å². The number of allylic oxidation sites excluding steroid dienone is 2. The second-order valence-electron chi connectivity index (χ2n) is 15.4. The van der Waals surface area contributed by atoms with Gasteiger partial charge in [0, 0.05) is 13.1 Å². The van der Waals surface area contributed by atoms with E-state index in [1.54, 1.807) is 49.5 Å². The normalized spacial score (nSPS) is 22.4. The van der Waals surface area contributed by atoms with E-state index in [0.717, 1.165) is 5.56 Å². The second-order valence-corrected chi connectivity index (χ2v) is 18.7. The molecule has 0 radical (unpaired) electrons. The molecule has 3 aromatic carbocycles. The molecular weight excluding hydrogens is 699 g/mol. The van der Waals surface area contributed by atoms with Gasteiger partial charge in [-0.05, 0) is 65.3 Å². The Balaban J connectivity index is 0.000000239. The Morgan fingerprint density at radius 2 is 1.25 bits per heavy atom. The molecule has 2 saturated carbocycles. The molecule has 0 aliphatic heterocycles. The first kappa shape index (κ1) is 40.4. The summed E-state index contributed by atoms with van der Waals surface area (Å²) in [6.07, 6.45) is 4.69. The lowest BCUT2D eigenvalue weighted by Crippen LogP contribution is -2.43. The molecule has 5 rings (SSSR count). The Labute approximate surface area is 309 Å².